The van der Waals surface area contributed by atoms with Crippen LogP contribution in [0.3, 0.4) is 0 Å². The molecule has 0 radical (unpaired) electrons. The van der Waals surface area contributed by atoms with E-state index in [4.69, 9.17) is 0 Å². The lowest BCUT2D eigenvalue weighted by Gasteiger charge is -2.20. The summed E-state index contributed by atoms with van der Waals surface area (Å²) in [7, 11) is 0. The van der Waals surface area contributed by atoms with Crippen LogP contribution in [-0.4, -0.2) is 18.5 Å². The van der Waals surface area contributed by atoms with Gasteiger partial charge in [0.1, 0.15) is 0 Å². The molecule has 22 heavy (non-hydrogen) atoms. The monoisotopic (exact) mass is 301 g/mol. The maximum atomic E-state index is 12.2. The second kappa shape index (κ2) is 8.22. The Kier molecular flexibility index (Phi) is 6.01. The van der Waals surface area contributed by atoms with Crippen molar-refractivity contribution in [3.8, 4) is 0 Å². The Morgan fingerprint density at radius 1 is 1.14 bits per heavy atom. The molecule has 0 aliphatic heterocycles. The topological polar surface area (TPSA) is 70.2 Å². The number of hydrogen-bond donors (Lipinski definition) is 3. The lowest BCUT2D eigenvalue weighted by molar-refractivity contribution is -0.120. The van der Waals surface area contributed by atoms with Gasteiger partial charge >= 0.3 is 6.03 Å². The summed E-state index contributed by atoms with van der Waals surface area (Å²) in [5.41, 5.74) is 1.35. The van der Waals surface area contributed by atoms with Gasteiger partial charge in [0.2, 0.25) is 5.91 Å². The molecule has 2 rings (SSSR count). The number of urea groups is 1. The van der Waals surface area contributed by atoms with Crippen molar-refractivity contribution in [3.63, 3.8) is 0 Å². The quantitative estimate of drug-likeness (QED) is 0.728. The third-order valence-corrected chi connectivity index (χ3v) is 3.77. The Hall–Kier alpha value is -2.30. The molecule has 0 bridgehead atoms. The number of rotatable bonds is 5. The van der Waals surface area contributed by atoms with E-state index in [2.05, 4.69) is 22.5 Å². The summed E-state index contributed by atoms with van der Waals surface area (Å²) in [6.07, 6.45) is 7.02. The second-order valence-electron chi connectivity index (χ2n) is 5.53. The normalized spacial score (nSPS) is 14.9. The third-order valence-electron chi connectivity index (χ3n) is 3.77. The summed E-state index contributed by atoms with van der Waals surface area (Å²) in [4.78, 5) is 23.8. The number of benzene rings is 1. The molecule has 1 fully saturated rings. The van der Waals surface area contributed by atoms with Gasteiger partial charge in [-0.05, 0) is 31.0 Å². The summed E-state index contributed by atoms with van der Waals surface area (Å²) >= 11 is 0. The average Bonchev–Trinajstić information content (AvgIpc) is 2.54. The molecule has 3 amide bonds. The van der Waals surface area contributed by atoms with E-state index in [-0.39, 0.29) is 17.9 Å². The fourth-order valence-corrected chi connectivity index (χ4v) is 2.62. The number of carbonyl (C=O) groups excluding carboxylic acids is 2. The van der Waals surface area contributed by atoms with E-state index in [1.807, 2.05) is 6.07 Å². The van der Waals surface area contributed by atoms with Crippen molar-refractivity contribution in [3.05, 3.63) is 36.9 Å². The highest BCUT2D eigenvalue weighted by molar-refractivity contribution is 5.94. The molecular formula is C17H23N3O2. The highest BCUT2D eigenvalue weighted by Crippen LogP contribution is 2.25. The zero-order chi connectivity index (χ0) is 15.8. The van der Waals surface area contributed by atoms with Gasteiger partial charge in [-0.15, -0.1) is 6.58 Å². The van der Waals surface area contributed by atoms with Crippen molar-refractivity contribution < 1.29 is 9.59 Å². The third kappa shape index (κ3) is 4.91. The van der Waals surface area contributed by atoms with Gasteiger partial charge in [0, 0.05) is 23.8 Å². The van der Waals surface area contributed by atoms with Gasteiger partial charge in [-0.3, -0.25) is 4.79 Å². The maximum Gasteiger partial charge on any atom is 0.319 e. The number of nitrogens with one attached hydrogen (secondary N) is 3. The van der Waals surface area contributed by atoms with Crippen molar-refractivity contribution >= 4 is 23.3 Å². The molecule has 1 saturated carbocycles. The Bertz CT molecular complexity index is 536. The number of amides is 3. The van der Waals surface area contributed by atoms with Crippen LogP contribution in [0.15, 0.2) is 36.9 Å². The van der Waals surface area contributed by atoms with Crippen LogP contribution in [0.25, 0.3) is 0 Å². The zero-order valence-corrected chi connectivity index (χ0v) is 12.7. The average molecular weight is 301 g/mol. The van der Waals surface area contributed by atoms with Gasteiger partial charge in [0.15, 0.2) is 0 Å². The van der Waals surface area contributed by atoms with E-state index in [0.717, 1.165) is 25.7 Å². The SMILES string of the molecule is C=CCNC(=O)Nc1cccc(NC(=O)C2CCCCC2)c1. The van der Waals surface area contributed by atoms with Gasteiger partial charge < -0.3 is 16.0 Å². The smallest absolute Gasteiger partial charge is 0.319 e. The largest absolute Gasteiger partial charge is 0.334 e. The molecule has 0 spiro atoms. The van der Waals surface area contributed by atoms with Gasteiger partial charge in [-0.25, -0.2) is 4.79 Å². The number of hydrogen-bond acceptors (Lipinski definition) is 2. The molecule has 0 saturated heterocycles. The first kappa shape index (κ1) is 16.1. The Balaban J connectivity index is 1.91. The van der Waals surface area contributed by atoms with Gasteiger partial charge in [0.25, 0.3) is 0 Å². The van der Waals surface area contributed by atoms with Crippen LogP contribution in [0, 0.1) is 5.92 Å². The molecule has 118 valence electrons. The minimum Gasteiger partial charge on any atom is -0.334 e. The van der Waals surface area contributed by atoms with E-state index in [1.165, 1.54) is 6.42 Å². The van der Waals surface area contributed by atoms with Crippen LogP contribution in [-0.2, 0) is 4.79 Å². The molecule has 0 unspecified atom stereocenters. The first-order valence-corrected chi connectivity index (χ1v) is 7.75. The second-order valence-corrected chi connectivity index (χ2v) is 5.53. The van der Waals surface area contributed by atoms with Crippen molar-refractivity contribution in [1.29, 1.82) is 0 Å². The van der Waals surface area contributed by atoms with Crippen LogP contribution in [0.5, 0.6) is 0 Å². The van der Waals surface area contributed by atoms with Gasteiger partial charge in [0.05, 0.1) is 0 Å². The number of carbonyl (C=O) groups is 2. The van der Waals surface area contributed by atoms with Crippen LogP contribution in [0.2, 0.25) is 0 Å². The number of anilines is 2. The summed E-state index contributed by atoms with van der Waals surface area (Å²) in [6.45, 7) is 3.95. The van der Waals surface area contributed by atoms with Crippen molar-refractivity contribution in [1.82, 2.24) is 5.32 Å². The van der Waals surface area contributed by atoms with E-state index < -0.39 is 0 Å². The Morgan fingerprint density at radius 2 is 1.82 bits per heavy atom. The summed E-state index contributed by atoms with van der Waals surface area (Å²) in [5, 5.41) is 8.30. The maximum absolute atomic E-state index is 12.2. The van der Waals surface area contributed by atoms with E-state index in [0.29, 0.717) is 17.9 Å². The first-order valence-electron chi connectivity index (χ1n) is 7.75. The molecule has 0 aromatic heterocycles. The van der Waals surface area contributed by atoms with E-state index in [9.17, 15) is 9.59 Å². The van der Waals surface area contributed by atoms with Crippen molar-refractivity contribution in [2.24, 2.45) is 5.92 Å². The summed E-state index contributed by atoms with van der Waals surface area (Å²) in [6, 6.07) is 6.88. The Morgan fingerprint density at radius 3 is 2.50 bits per heavy atom. The highest BCUT2D eigenvalue weighted by atomic mass is 16.2. The molecule has 5 nitrogen and oxygen atoms in total. The van der Waals surface area contributed by atoms with Crippen molar-refractivity contribution in [2.45, 2.75) is 32.1 Å². The molecule has 1 aliphatic carbocycles. The summed E-state index contributed by atoms with van der Waals surface area (Å²) in [5.74, 6) is 0.189. The van der Waals surface area contributed by atoms with Crippen LogP contribution in [0.1, 0.15) is 32.1 Å². The molecule has 0 heterocycles. The van der Waals surface area contributed by atoms with E-state index >= 15 is 0 Å². The first-order chi connectivity index (χ1) is 10.7. The van der Waals surface area contributed by atoms with Crippen LogP contribution < -0.4 is 16.0 Å². The van der Waals surface area contributed by atoms with E-state index in [1.54, 1.807) is 24.3 Å². The van der Waals surface area contributed by atoms with Crippen molar-refractivity contribution in [2.75, 3.05) is 17.2 Å². The molecule has 3 N–H and O–H groups in total. The fourth-order valence-electron chi connectivity index (χ4n) is 2.62. The molecule has 1 aromatic carbocycles. The van der Waals surface area contributed by atoms with Gasteiger partial charge in [-0.2, -0.15) is 0 Å². The van der Waals surface area contributed by atoms with Crippen LogP contribution >= 0.6 is 0 Å². The molecule has 1 aliphatic rings. The molecule has 0 atom stereocenters. The minimum absolute atomic E-state index is 0.0768. The Labute approximate surface area is 131 Å². The van der Waals surface area contributed by atoms with Crippen LogP contribution in [0.4, 0.5) is 16.2 Å². The molecular weight excluding hydrogens is 278 g/mol. The predicted octanol–water partition coefficient (Wildman–Crippen LogP) is 3.51. The van der Waals surface area contributed by atoms with Gasteiger partial charge in [-0.1, -0.05) is 31.4 Å². The zero-order valence-electron chi connectivity index (χ0n) is 12.7. The standard InChI is InChI=1S/C17H23N3O2/c1-2-11-18-17(22)20-15-10-6-9-14(12-15)19-16(21)13-7-4-3-5-8-13/h2,6,9-10,12-13H,1,3-5,7-8,11H2,(H,19,21)(H2,18,20,22). The molecule has 1 aromatic rings. The highest BCUT2D eigenvalue weighted by Gasteiger charge is 2.21. The minimum atomic E-state index is -0.296. The lowest BCUT2D eigenvalue weighted by atomic mass is 9.88. The lowest BCUT2D eigenvalue weighted by Crippen LogP contribution is -2.28. The summed E-state index contributed by atoms with van der Waals surface area (Å²) < 4.78 is 0. The molecule has 5 heteroatoms. The predicted molar refractivity (Wildman–Crippen MR) is 88.9 cm³/mol. The fraction of sp³-hybridized carbons (Fsp3) is 0.412.